The fourth-order valence-electron chi connectivity index (χ4n) is 15.0. The number of esters is 2. The number of rotatable bonds is 91. The Kier molecular flexibility index (Phi) is 85.2. The van der Waals surface area contributed by atoms with E-state index in [9.17, 15) is 19.0 Å². The molecule has 0 amide bonds. The number of unbranched alkanes of at least 4 members (excludes halogenated alkanes) is 73. The molecule has 0 aliphatic rings. The first-order valence-corrected chi connectivity index (χ1v) is 49.1. The van der Waals surface area contributed by atoms with Crippen molar-refractivity contribution < 1.29 is 42.1 Å². The number of hydrogen-bond acceptors (Lipinski definition) is 7. The lowest BCUT2D eigenvalue weighted by Crippen LogP contribution is -2.37. The van der Waals surface area contributed by atoms with E-state index in [2.05, 4.69) is 38.2 Å². The van der Waals surface area contributed by atoms with Crippen molar-refractivity contribution >= 4 is 19.8 Å². The molecule has 0 rings (SSSR count). The number of phosphoric ester groups is 1. The maximum Gasteiger partial charge on any atom is 0.472 e. The Bertz CT molecular complexity index is 1820. The van der Waals surface area contributed by atoms with Crippen LogP contribution < -0.4 is 0 Å². The van der Waals surface area contributed by atoms with E-state index in [1.54, 1.807) is 0 Å². The molecule has 2 atom stereocenters. The fourth-order valence-corrected chi connectivity index (χ4v) is 15.7. The first-order valence-electron chi connectivity index (χ1n) is 47.6. The van der Waals surface area contributed by atoms with E-state index in [1.165, 1.54) is 449 Å². The number of ether oxygens (including phenoxy) is 2. The zero-order chi connectivity index (χ0) is 76.1. The molecule has 2 unspecified atom stereocenters. The van der Waals surface area contributed by atoms with Crippen molar-refractivity contribution in [3.8, 4) is 0 Å². The minimum atomic E-state index is -4.39. The first-order chi connectivity index (χ1) is 51.5. The molecule has 0 aliphatic heterocycles. The second-order valence-electron chi connectivity index (χ2n) is 34.1. The highest BCUT2D eigenvalue weighted by molar-refractivity contribution is 7.47. The molecule has 0 aromatic carbocycles. The third kappa shape index (κ3) is 91.3. The monoisotopic (exact) mass is 1500 g/mol. The van der Waals surface area contributed by atoms with E-state index in [4.69, 9.17) is 18.5 Å². The van der Waals surface area contributed by atoms with Crippen LogP contribution in [0.15, 0.2) is 24.3 Å². The highest BCUT2D eigenvalue weighted by Crippen LogP contribution is 2.43. The molecule has 0 saturated carbocycles. The standard InChI is InChI=1S/C95H186NO8P/c1-6-8-10-12-14-16-18-20-22-24-26-28-30-32-34-36-38-40-42-44-46-48-50-52-54-56-58-60-62-64-66-68-70-72-74-76-78-80-82-84-86-88-95(98)104-93(92-103-105(99,100)102-90-89-96(3,4)5)91-101-94(97)87-85-83-81-79-77-75-73-71-69-67-65-63-61-59-57-55-53-51-49-47-45-43-41-39-37-35-33-31-29-27-25-23-21-19-17-15-13-11-9-7-2/h18,20,24,26,93H,6-17,19,21-23,25,27-92H2,1-5H3/p+1/b20-18-,26-24-. The second-order valence-corrected chi connectivity index (χ2v) is 35.6. The molecule has 0 aliphatic carbocycles. The van der Waals surface area contributed by atoms with Crippen molar-refractivity contribution in [3.63, 3.8) is 0 Å². The molecule has 0 fully saturated rings. The molecule has 10 heteroatoms. The van der Waals surface area contributed by atoms with Gasteiger partial charge in [0, 0.05) is 12.8 Å². The minimum absolute atomic E-state index is 0.0369. The maximum atomic E-state index is 13.0. The van der Waals surface area contributed by atoms with Crippen LogP contribution in [0.1, 0.15) is 521 Å². The van der Waals surface area contributed by atoms with Gasteiger partial charge in [-0.2, -0.15) is 0 Å². The molecular weight excluding hydrogens is 1310 g/mol. The van der Waals surface area contributed by atoms with Crippen LogP contribution in [-0.4, -0.2) is 74.9 Å². The highest BCUT2D eigenvalue weighted by Gasteiger charge is 2.27. The Morgan fingerprint density at radius 1 is 0.295 bits per heavy atom. The van der Waals surface area contributed by atoms with Gasteiger partial charge in [-0.25, -0.2) is 4.57 Å². The van der Waals surface area contributed by atoms with Gasteiger partial charge >= 0.3 is 19.8 Å². The second kappa shape index (κ2) is 86.5. The Hall–Kier alpha value is -1.51. The van der Waals surface area contributed by atoms with Crippen molar-refractivity contribution in [1.82, 2.24) is 0 Å². The molecule has 0 bridgehead atoms. The molecule has 624 valence electrons. The average Bonchev–Trinajstić information content (AvgIpc) is 0.935. The zero-order valence-corrected chi connectivity index (χ0v) is 72.7. The average molecular weight is 1500 g/mol. The topological polar surface area (TPSA) is 108 Å². The lowest BCUT2D eigenvalue weighted by Gasteiger charge is -2.24. The van der Waals surface area contributed by atoms with E-state index in [0.29, 0.717) is 17.4 Å². The van der Waals surface area contributed by atoms with Crippen molar-refractivity contribution in [2.24, 2.45) is 0 Å². The number of hydrogen-bond donors (Lipinski definition) is 1. The molecule has 105 heavy (non-hydrogen) atoms. The summed E-state index contributed by atoms with van der Waals surface area (Å²) >= 11 is 0. The predicted octanol–water partition coefficient (Wildman–Crippen LogP) is 32.3. The number of carbonyl (C=O) groups excluding carboxylic acids is 2. The van der Waals surface area contributed by atoms with E-state index in [0.717, 1.165) is 44.9 Å². The smallest absolute Gasteiger partial charge is 0.462 e. The van der Waals surface area contributed by atoms with Gasteiger partial charge in [-0.1, -0.05) is 488 Å². The van der Waals surface area contributed by atoms with Gasteiger partial charge in [0.1, 0.15) is 19.8 Å². The van der Waals surface area contributed by atoms with Crippen LogP contribution in [0.2, 0.25) is 0 Å². The Morgan fingerprint density at radius 2 is 0.514 bits per heavy atom. The third-order valence-electron chi connectivity index (χ3n) is 22.2. The van der Waals surface area contributed by atoms with Crippen molar-refractivity contribution in [2.45, 2.75) is 527 Å². The van der Waals surface area contributed by atoms with Gasteiger partial charge in [-0.15, -0.1) is 0 Å². The van der Waals surface area contributed by atoms with Crippen LogP contribution in [0.5, 0.6) is 0 Å². The number of phosphoric acid groups is 1. The van der Waals surface area contributed by atoms with E-state index < -0.39 is 26.5 Å². The summed E-state index contributed by atoms with van der Waals surface area (Å²) in [5.41, 5.74) is 0. The van der Waals surface area contributed by atoms with Gasteiger partial charge in [-0.3, -0.25) is 18.6 Å². The number of allylic oxidation sites excluding steroid dienone is 4. The summed E-state index contributed by atoms with van der Waals surface area (Å²) in [4.78, 5) is 36.1. The summed E-state index contributed by atoms with van der Waals surface area (Å²) in [6, 6.07) is 0. The highest BCUT2D eigenvalue weighted by atomic mass is 31.2. The largest absolute Gasteiger partial charge is 0.472 e. The number of nitrogens with zero attached hydrogens (tertiary/aromatic N) is 1. The minimum Gasteiger partial charge on any atom is -0.462 e. The Morgan fingerprint density at radius 3 is 0.752 bits per heavy atom. The van der Waals surface area contributed by atoms with Gasteiger partial charge in [0.25, 0.3) is 0 Å². The Labute approximate surface area is 657 Å². The van der Waals surface area contributed by atoms with Crippen LogP contribution in [0.3, 0.4) is 0 Å². The third-order valence-corrected chi connectivity index (χ3v) is 23.2. The molecule has 9 nitrogen and oxygen atoms in total. The maximum absolute atomic E-state index is 13.0. The molecular formula is C95H187NO8P+. The molecule has 0 aromatic heterocycles. The molecule has 0 saturated heterocycles. The SMILES string of the molecule is CCCCCCC/C=C\C/C=C\CCCCCCCCCCCCCCCCCCCCCCCCCCCCCCCC(=O)OC(COC(=O)CCCCCCCCCCCCCCCCCCCCCCCCCCCCCCCCCCCCCCCCCC)COP(=O)(O)OCC[N+](C)(C)C. The molecule has 0 heterocycles. The van der Waals surface area contributed by atoms with Crippen LogP contribution >= 0.6 is 7.82 Å². The summed E-state index contributed by atoms with van der Waals surface area (Å²) in [5, 5.41) is 0. The summed E-state index contributed by atoms with van der Waals surface area (Å²) in [6.07, 6.45) is 114. The molecule has 0 radical (unpaired) electrons. The summed E-state index contributed by atoms with van der Waals surface area (Å²) in [7, 11) is 1.51. The van der Waals surface area contributed by atoms with E-state index >= 15 is 0 Å². The first kappa shape index (κ1) is 103. The van der Waals surface area contributed by atoms with Crippen LogP contribution in [0, 0.1) is 0 Å². The quantitative estimate of drug-likeness (QED) is 0.0211. The van der Waals surface area contributed by atoms with Crippen LogP contribution in [0.4, 0.5) is 0 Å². The Balaban J connectivity index is 3.79. The molecule has 0 spiro atoms. The van der Waals surface area contributed by atoms with Gasteiger partial charge in [0.2, 0.25) is 0 Å². The van der Waals surface area contributed by atoms with E-state index in [1.807, 2.05) is 21.1 Å². The normalized spacial score (nSPS) is 12.9. The summed E-state index contributed by atoms with van der Waals surface area (Å²) < 4.78 is 34.9. The van der Waals surface area contributed by atoms with Gasteiger partial charge < -0.3 is 18.9 Å². The predicted molar refractivity (Wildman–Crippen MR) is 460 cm³/mol. The lowest BCUT2D eigenvalue weighted by molar-refractivity contribution is -0.870. The van der Waals surface area contributed by atoms with Crippen LogP contribution in [0.25, 0.3) is 0 Å². The molecule has 1 N–H and O–H groups in total. The van der Waals surface area contributed by atoms with E-state index in [-0.39, 0.29) is 25.6 Å². The van der Waals surface area contributed by atoms with Gasteiger partial charge in [0.15, 0.2) is 6.10 Å². The van der Waals surface area contributed by atoms with Crippen LogP contribution in [-0.2, 0) is 32.7 Å². The van der Waals surface area contributed by atoms with Crippen molar-refractivity contribution in [2.75, 3.05) is 47.5 Å². The number of carbonyl (C=O) groups is 2. The van der Waals surface area contributed by atoms with Crippen molar-refractivity contribution in [3.05, 3.63) is 24.3 Å². The lowest BCUT2D eigenvalue weighted by atomic mass is 10.0. The zero-order valence-electron chi connectivity index (χ0n) is 71.8. The molecule has 0 aromatic rings. The number of likely N-dealkylation sites (N-methyl/N-ethyl adjacent to an activating group) is 1. The summed E-state index contributed by atoms with van der Waals surface area (Å²) in [6.45, 7) is 4.53. The van der Waals surface area contributed by atoms with Gasteiger partial charge in [-0.05, 0) is 44.9 Å². The fraction of sp³-hybridized carbons (Fsp3) is 0.937. The van der Waals surface area contributed by atoms with Crippen molar-refractivity contribution in [1.29, 1.82) is 0 Å². The number of quaternary nitrogens is 1. The van der Waals surface area contributed by atoms with Gasteiger partial charge in [0.05, 0.1) is 27.7 Å². The summed E-state index contributed by atoms with van der Waals surface area (Å²) in [5.74, 6) is -0.763.